The lowest BCUT2D eigenvalue weighted by molar-refractivity contribution is 0.360. The van der Waals surface area contributed by atoms with E-state index in [0.29, 0.717) is 28.9 Å². The first-order valence-electron chi connectivity index (χ1n) is 20.3. The van der Waals surface area contributed by atoms with Crippen molar-refractivity contribution in [2.75, 3.05) is 0 Å². The number of furan rings is 1. The highest BCUT2D eigenvalue weighted by molar-refractivity contribution is 6.18. The zero-order valence-electron chi connectivity index (χ0n) is 32.9. The van der Waals surface area contributed by atoms with Crippen molar-refractivity contribution in [2.45, 2.75) is 25.4 Å². The predicted molar refractivity (Wildman–Crippen MR) is 241 cm³/mol. The number of ether oxygens (including phenoxy) is 2. The van der Waals surface area contributed by atoms with Crippen molar-refractivity contribution in [3.8, 4) is 56.4 Å². The molecule has 0 radical (unpaired) electrons. The number of aliphatic imine (C=N–C) groups is 2. The van der Waals surface area contributed by atoms with Gasteiger partial charge < -0.3 is 24.2 Å². The maximum absolute atomic E-state index is 6.73. The summed E-state index contributed by atoms with van der Waals surface area (Å²) in [6.07, 6.45) is -0.478. The highest BCUT2D eigenvalue weighted by atomic mass is 16.6. The third-order valence-electron chi connectivity index (χ3n) is 12.2. The van der Waals surface area contributed by atoms with E-state index in [0.717, 1.165) is 66.6 Å². The fourth-order valence-corrected chi connectivity index (χ4v) is 9.07. The molecule has 1 atom stereocenters. The van der Waals surface area contributed by atoms with Gasteiger partial charge in [0.1, 0.15) is 11.2 Å². The zero-order chi connectivity index (χ0) is 40.0. The number of benzene rings is 8. The first-order chi connectivity index (χ1) is 29.5. The Labute approximate surface area is 347 Å². The van der Waals surface area contributed by atoms with Gasteiger partial charge in [-0.1, -0.05) is 171 Å². The van der Waals surface area contributed by atoms with Gasteiger partial charge >= 0.3 is 0 Å². The molecular weight excluding hydrogens is 739 g/mol. The van der Waals surface area contributed by atoms with Gasteiger partial charge in [-0.05, 0) is 74.3 Å². The molecule has 3 heterocycles. The van der Waals surface area contributed by atoms with Crippen molar-refractivity contribution in [3.63, 3.8) is 0 Å². The smallest absolute Gasteiger partial charge is 0.177 e. The Morgan fingerprint density at radius 3 is 2.03 bits per heavy atom. The summed E-state index contributed by atoms with van der Waals surface area (Å²) >= 11 is 0. The first kappa shape index (κ1) is 34.4. The van der Waals surface area contributed by atoms with Crippen molar-refractivity contribution in [1.82, 2.24) is 0 Å². The fraction of sp³-hybridized carbons (Fsp3) is 0.0741. The van der Waals surface area contributed by atoms with Gasteiger partial charge in [-0.3, -0.25) is 4.99 Å². The minimum atomic E-state index is -0.478. The van der Waals surface area contributed by atoms with Crippen LogP contribution in [0.5, 0.6) is 23.0 Å². The van der Waals surface area contributed by atoms with Crippen LogP contribution in [0.3, 0.4) is 0 Å². The Kier molecular flexibility index (Phi) is 7.54. The Hall–Kier alpha value is -7.70. The van der Waals surface area contributed by atoms with Gasteiger partial charge in [0.2, 0.25) is 0 Å². The molecule has 1 aromatic heterocycles. The summed E-state index contributed by atoms with van der Waals surface area (Å²) in [6.45, 7) is 4.54. The second-order valence-electron chi connectivity index (χ2n) is 16.1. The van der Waals surface area contributed by atoms with E-state index >= 15 is 0 Å². The number of hydrogen-bond acceptors (Lipinski definition) is 5. The Bertz CT molecular complexity index is 3250. The minimum absolute atomic E-state index is 0.131. The van der Waals surface area contributed by atoms with E-state index < -0.39 is 6.17 Å². The van der Waals surface area contributed by atoms with Crippen LogP contribution in [0.2, 0.25) is 0 Å². The summed E-state index contributed by atoms with van der Waals surface area (Å²) in [6, 6.07) is 60.4. The van der Waals surface area contributed by atoms with Gasteiger partial charge in [0, 0.05) is 27.3 Å². The molecule has 6 nitrogen and oxygen atoms in total. The van der Waals surface area contributed by atoms with Crippen molar-refractivity contribution in [1.29, 1.82) is 0 Å². The molecule has 60 heavy (non-hydrogen) atoms. The van der Waals surface area contributed by atoms with Crippen molar-refractivity contribution in [3.05, 3.63) is 209 Å². The van der Waals surface area contributed by atoms with E-state index in [1.165, 1.54) is 22.3 Å². The van der Waals surface area contributed by atoms with Crippen LogP contribution in [0.4, 0.5) is 0 Å². The molecule has 2 aliphatic heterocycles. The predicted octanol–water partition coefficient (Wildman–Crippen LogP) is 14.4. The second kappa shape index (κ2) is 13.2. The standard InChI is InChI=1S/C54H36N3O3/c1-54(2)43-19-8-6-14-39(43)42-30-47-48(31-44(42)54)58-46-21-11-17-38(50(46)60-47)33-24-28-36(29-25-33)53-56-51(34-12-4-3-5-13-34)55-52(57-53)35-26-22-32(23-27-35)37-16-10-18-41-40-15-7-9-20-45(40)59-49(37)41/h3-31,52H,1-2H3/q-1. The zero-order valence-corrected chi connectivity index (χ0v) is 32.9. The average molecular weight is 775 g/mol. The topological polar surface area (TPSA) is 70.4 Å². The van der Waals surface area contributed by atoms with Gasteiger partial charge in [0.25, 0.3) is 0 Å². The van der Waals surface area contributed by atoms with Crippen LogP contribution in [0.25, 0.3) is 60.6 Å². The van der Waals surface area contributed by atoms with Gasteiger partial charge in [-0.2, -0.15) is 0 Å². The highest BCUT2D eigenvalue weighted by Crippen LogP contribution is 2.56. The summed E-state index contributed by atoms with van der Waals surface area (Å²) < 4.78 is 19.6. The summed E-state index contributed by atoms with van der Waals surface area (Å²) in [7, 11) is 0. The number of hydrogen-bond donors (Lipinski definition) is 0. The van der Waals surface area contributed by atoms with Crippen LogP contribution in [0.15, 0.2) is 190 Å². The maximum atomic E-state index is 6.73. The molecule has 0 spiro atoms. The highest BCUT2D eigenvalue weighted by Gasteiger charge is 2.37. The Balaban J connectivity index is 0.867. The molecule has 0 bridgehead atoms. The van der Waals surface area contributed by atoms with Gasteiger partial charge in [0.05, 0.1) is 12.0 Å². The number of fused-ring (bicyclic) bond motifs is 8. The monoisotopic (exact) mass is 774 g/mol. The SMILES string of the molecule is CC1(C)c2ccccc2-c2cc3c(cc21)Oc1cccc(-c2ccc(C4=NC(c5ccc(-c6cccc7c6oc6ccccc67)cc5)[N-]C(c5ccccc5)=N4)cc2)c1O3. The maximum Gasteiger partial charge on any atom is 0.177 e. The summed E-state index contributed by atoms with van der Waals surface area (Å²) in [5, 5.41) is 7.29. The molecule has 0 saturated carbocycles. The molecule has 1 unspecified atom stereocenters. The molecule has 12 rings (SSSR count). The Morgan fingerprint density at radius 1 is 0.500 bits per heavy atom. The van der Waals surface area contributed by atoms with Gasteiger partial charge in [0.15, 0.2) is 23.0 Å². The van der Waals surface area contributed by atoms with E-state index in [1.54, 1.807) is 0 Å². The lowest BCUT2D eigenvalue weighted by atomic mass is 9.82. The van der Waals surface area contributed by atoms with Crippen LogP contribution in [0.1, 0.15) is 47.8 Å². The van der Waals surface area contributed by atoms with Gasteiger partial charge in [-0.15, -0.1) is 0 Å². The lowest BCUT2D eigenvalue weighted by Gasteiger charge is -2.32. The van der Waals surface area contributed by atoms with E-state index in [4.69, 9.17) is 29.2 Å². The Morgan fingerprint density at radius 2 is 1.17 bits per heavy atom. The molecular formula is C54H36N3O3-. The number of para-hydroxylation sites is 3. The van der Waals surface area contributed by atoms with Crippen LogP contribution < -0.4 is 9.47 Å². The molecule has 1 aliphatic carbocycles. The van der Waals surface area contributed by atoms with E-state index in [-0.39, 0.29) is 5.41 Å². The normalized spacial score (nSPS) is 15.7. The van der Waals surface area contributed by atoms with Gasteiger partial charge in [-0.25, -0.2) is 0 Å². The molecule has 0 fully saturated rings. The summed E-state index contributed by atoms with van der Waals surface area (Å²) in [5.74, 6) is 4.10. The number of amidine groups is 2. The molecule has 0 amide bonds. The molecule has 3 aliphatic rings. The third-order valence-corrected chi connectivity index (χ3v) is 12.2. The van der Waals surface area contributed by atoms with Crippen molar-refractivity contribution < 1.29 is 13.9 Å². The third kappa shape index (κ3) is 5.41. The molecule has 6 heteroatoms. The molecule has 0 saturated heterocycles. The number of nitrogens with zero attached hydrogens (tertiary/aromatic N) is 3. The summed E-state index contributed by atoms with van der Waals surface area (Å²) in [5.41, 5.74) is 13.5. The molecule has 0 N–H and O–H groups in total. The van der Waals surface area contributed by atoms with E-state index in [2.05, 4.69) is 129 Å². The lowest BCUT2D eigenvalue weighted by Crippen LogP contribution is -2.15. The second-order valence-corrected chi connectivity index (χ2v) is 16.1. The van der Waals surface area contributed by atoms with Crippen LogP contribution in [0, 0.1) is 0 Å². The fourth-order valence-electron chi connectivity index (χ4n) is 9.07. The first-order valence-corrected chi connectivity index (χ1v) is 20.3. The van der Waals surface area contributed by atoms with Crippen LogP contribution >= 0.6 is 0 Å². The van der Waals surface area contributed by atoms with Crippen LogP contribution in [-0.2, 0) is 5.41 Å². The largest absolute Gasteiger partial charge is 0.455 e. The number of rotatable bonds is 5. The quantitative estimate of drug-likeness (QED) is 0.175. The molecule has 8 aromatic carbocycles. The van der Waals surface area contributed by atoms with E-state index in [1.807, 2.05) is 60.7 Å². The summed E-state index contributed by atoms with van der Waals surface area (Å²) in [4.78, 5) is 10.1. The minimum Gasteiger partial charge on any atom is -0.455 e. The molecule has 286 valence electrons. The van der Waals surface area contributed by atoms with Crippen LogP contribution in [-0.4, -0.2) is 11.7 Å². The van der Waals surface area contributed by atoms with E-state index in [9.17, 15) is 0 Å². The average Bonchev–Trinajstić information content (AvgIpc) is 3.79. The van der Waals surface area contributed by atoms with Crippen molar-refractivity contribution in [2.24, 2.45) is 9.98 Å². The van der Waals surface area contributed by atoms with Crippen molar-refractivity contribution >= 4 is 33.6 Å². The molecule has 9 aromatic rings.